The minimum Gasteiger partial charge on any atom is -0.444 e. The average molecular weight is 771 g/mol. The SMILES string of the molecule is CC(C)(C)OC(=O)N[C@H]1CCCCC/C=C/[C@@H]2C[C@@]2(C(=O)NS(=O)(=O)NC2CCCCC2)NC(=O)[C@@H]2C[C@@H](OC(=O)N3Cc4ccccc4C3)CN2C1=O. The predicted octanol–water partition coefficient (Wildman–Crippen LogP) is 3.68. The average Bonchev–Trinajstić information content (AvgIpc) is 3.40. The van der Waals surface area contributed by atoms with Gasteiger partial charge in [0.1, 0.15) is 29.3 Å². The van der Waals surface area contributed by atoms with E-state index in [9.17, 15) is 32.4 Å². The number of hydrogen-bond acceptors (Lipinski definition) is 9. The molecule has 0 radical (unpaired) electrons. The van der Waals surface area contributed by atoms with Crippen molar-refractivity contribution < 1.29 is 41.9 Å². The van der Waals surface area contributed by atoms with Crippen LogP contribution >= 0.6 is 0 Å². The zero-order valence-electron chi connectivity index (χ0n) is 31.4. The number of rotatable bonds is 6. The fourth-order valence-corrected chi connectivity index (χ4v) is 9.14. The number of carbonyl (C=O) groups is 5. The van der Waals surface area contributed by atoms with Gasteiger partial charge in [-0.05, 0) is 70.4 Å². The van der Waals surface area contributed by atoms with Crippen LogP contribution in [0.4, 0.5) is 9.59 Å². The van der Waals surface area contributed by atoms with Gasteiger partial charge < -0.3 is 25.0 Å². The molecule has 3 fully saturated rings. The smallest absolute Gasteiger partial charge is 0.410 e. The molecule has 5 atom stereocenters. The maximum absolute atomic E-state index is 14.4. The number of hydrogen-bond donors (Lipinski definition) is 4. The van der Waals surface area contributed by atoms with E-state index in [0.29, 0.717) is 38.8 Å². The standard InChI is InChI=1S/C38H54N6O9S/c1-37(2,3)53-35(48)39-30-19-11-6-4-5-8-16-27-21-38(27,34(47)42-54(50,51)41-28-17-9-7-10-18-28)40-32(45)31-20-29(24-44(31)33(30)46)52-36(49)43-22-25-14-12-13-15-26(25)23-43/h8,12-16,27-31,41H,4-7,9-11,17-24H2,1-3H3,(H,39,48)(H,40,45)(H,42,47)/b16-8+/t27-,29-,30+,31+,38-/m1/s1. The first-order valence-electron chi connectivity index (χ1n) is 19.3. The summed E-state index contributed by atoms with van der Waals surface area (Å²) in [6, 6.07) is 5.17. The molecule has 3 heterocycles. The molecule has 15 nitrogen and oxygen atoms in total. The van der Waals surface area contributed by atoms with Gasteiger partial charge in [-0.25, -0.2) is 14.3 Å². The Morgan fingerprint density at radius 2 is 1.61 bits per heavy atom. The van der Waals surface area contributed by atoms with Crippen LogP contribution in [0, 0.1) is 5.92 Å². The van der Waals surface area contributed by atoms with Crippen molar-refractivity contribution >= 4 is 40.1 Å². The molecule has 4 N–H and O–H groups in total. The first kappa shape index (κ1) is 39.5. The number of ether oxygens (including phenoxy) is 2. The van der Waals surface area contributed by atoms with Crippen molar-refractivity contribution in [3.63, 3.8) is 0 Å². The van der Waals surface area contributed by atoms with Crippen LogP contribution in [0.1, 0.15) is 109 Å². The van der Waals surface area contributed by atoms with Crippen molar-refractivity contribution in [2.75, 3.05) is 6.54 Å². The summed E-state index contributed by atoms with van der Waals surface area (Å²) in [6.45, 7) is 5.74. The van der Waals surface area contributed by atoms with Crippen LogP contribution in [0.3, 0.4) is 0 Å². The Morgan fingerprint density at radius 1 is 0.944 bits per heavy atom. The van der Waals surface area contributed by atoms with Crippen LogP contribution in [0.2, 0.25) is 0 Å². The van der Waals surface area contributed by atoms with Crippen molar-refractivity contribution in [2.24, 2.45) is 5.92 Å². The summed E-state index contributed by atoms with van der Waals surface area (Å²) >= 11 is 0. The number of amides is 5. The molecule has 0 spiro atoms. The first-order valence-corrected chi connectivity index (χ1v) is 20.8. The van der Waals surface area contributed by atoms with Gasteiger partial charge in [0.15, 0.2) is 0 Å². The zero-order valence-corrected chi connectivity index (χ0v) is 32.3. The highest BCUT2D eigenvalue weighted by Crippen LogP contribution is 2.46. The van der Waals surface area contributed by atoms with Crippen LogP contribution in [0.5, 0.6) is 0 Å². The highest BCUT2D eigenvalue weighted by atomic mass is 32.2. The van der Waals surface area contributed by atoms with E-state index in [1.54, 1.807) is 25.7 Å². The molecule has 0 bridgehead atoms. The summed E-state index contributed by atoms with van der Waals surface area (Å²) in [6.07, 6.45) is 8.84. The molecule has 2 saturated carbocycles. The van der Waals surface area contributed by atoms with Gasteiger partial charge in [-0.2, -0.15) is 13.1 Å². The van der Waals surface area contributed by atoms with Crippen molar-refractivity contribution in [3.8, 4) is 0 Å². The molecule has 5 amide bonds. The molecule has 3 aliphatic heterocycles. The summed E-state index contributed by atoms with van der Waals surface area (Å²) in [5.41, 5.74) is -0.383. The summed E-state index contributed by atoms with van der Waals surface area (Å²) in [4.78, 5) is 71.8. The third-order valence-electron chi connectivity index (χ3n) is 10.9. The molecule has 0 unspecified atom stereocenters. The second kappa shape index (κ2) is 16.3. The topological polar surface area (TPSA) is 193 Å². The van der Waals surface area contributed by atoms with Gasteiger partial charge in [-0.15, -0.1) is 0 Å². The van der Waals surface area contributed by atoms with Gasteiger partial charge >= 0.3 is 22.4 Å². The third kappa shape index (κ3) is 9.73. The normalized spacial score (nSPS) is 28.6. The van der Waals surface area contributed by atoms with Gasteiger partial charge in [0.05, 0.1) is 6.54 Å². The molecule has 2 aliphatic carbocycles. The number of carbonyl (C=O) groups excluding carboxylic acids is 5. The van der Waals surface area contributed by atoms with Gasteiger partial charge in [-0.1, -0.05) is 68.5 Å². The molecule has 16 heteroatoms. The number of nitrogens with zero attached hydrogens (tertiary/aromatic N) is 2. The van der Waals surface area contributed by atoms with Crippen molar-refractivity contribution in [1.29, 1.82) is 0 Å². The maximum atomic E-state index is 14.4. The number of allylic oxidation sites excluding steroid dienone is 1. The third-order valence-corrected chi connectivity index (χ3v) is 12.0. The Labute approximate surface area is 317 Å². The minimum absolute atomic E-state index is 0.0665. The molecule has 1 aromatic rings. The monoisotopic (exact) mass is 770 g/mol. The largest absolute Gasteiger partial charge is 0.444 e. The summed E-state index contributed by atoms with van der Waals surface area (Å²) in [5.74, 6) is -2.58. The second-order valence-corrected chi connectivity index (χ2v) is 17.7. The Kier molecular flexibility index (Phi) is 11.9. The molecule has 6 rings (SSSR count). The zero-order chi connectivity index (χ0) is 38.7. The summed E-state index contributed by atoms with van der Waals surface area (Å²) in [5, 5.41) is 5.54. The Bertz CT molecular complexity index is 1710. The van der Waals surface area contributed by atoms with E-state index in [4.69, 9.17) is 9.47 Å². The van der Waals surface area contributed by atoms with Gasteiger partial charge in [0.2, 0.25) is 11.8 Å². The van der Waals surface area contributed by atoms with E-state index >= 15 is 0 Å². The Morgan fingerprint density at radius 3 is 2.30 bits per heavy atom. The lowest BCUT2D eigenvalue weighted by Gasteiger charge is -2.30. The lowest BCUT2D eigenvalue weighted by Crippen LogP contribution is -2.59. The fourth-order valence-electron chi connectivity index (χ4n) is 7.98. The molecule has 54 heavy (non-hydrogen) atoms. The van der Waals surface area contributed by atoms with E-state index in [2.05, 4.69) is 20.1 Å². The molecular formula is C38H54N6O9S. The predicted molar refractivity (Wildman–Crippen MR) is 198 cm³/mol. The van der Waals surface area contributed by atoms with E-state index < -0.39 is 75.4 Å². The highest BCUT2D eigenvalue weighted by Gasteiger charge is 2.62. The number of benzene rings is 1. The van der Waals surface area contributed by atoms with Gasteiger partial charge in [0, 0.05) is 31.5 Å². The summed E-state index contributed by atoms with van der Waals surface area (Å²) in [7, 11) is -4.24. The van der Waals surface area contributed by atoms with E-state index in [1.165, 1.54) is 4.90 Å². The van der Waals surface area contributed by atoms with Gasteiger partial charge in [-0.3, -0.25) is 19.3 Å². The maximum Gasteiger partial charge on any atom is 0.410 e. The van der Waals surface area contributed by atoms with E-state index in [1.807, 2.05) is 36.4 Å². The lowest BCUT2D eigenvalue weighted by atomic mass is 9.96. The summed E-state index contributed by atoms with van der Waals surface area (Å²) < 4.78 is 42.4. The molecule has 1 saturated heterocycles. The van der Waals surface area contributed by atoms with Crippen LogP contribution < -0.4 is 20.1 Å². The fraction of sp³-hybridized carbons (Fsp3) is 0.658. The van der Waals surface area contributed by atoms with Crippen LogP contribution in [0.25, 0.3) is 0 Å². The molecule has 0 aromatic heterocycles. The Hall–Kier alpha value is -4.18. The number of fused-ring (bicyclic) bond motifs is 3. The number of alkyl carbamates (subject to hydrolysis) is 1. The minimum atomic E-state index is -4.24. The van der Waals surface area contributed by atoms with Crippen LogP contribution in [-0.2, 0) is 47.2 Å². The molecule has 296 valence electrons. The molecule has 5 aliphatic rings. The number of nitrogens with one attached hydrogen (secondary N) is 4. The van der Waals surface area contributed by atoms with Crippen LogP contribution in [-0.4, -0.2) is 90.0 Å². The van der Waals surface area contributed by atoms with E-state index in [0.717, 1.165) is 43.2 Å². The lowest BCUT2D eigenvalue weighted by molar-refractivity contribution is -0.141. The molecule has 1 aromatic carbocycles. The Balaban J connectivity index is 1.23. The van der Waals surface area contributed by atoms with Crippen molar-refractivity contribution in [2.45, 2.75) is 146 Å². The highest BCUT2D eigenvalue weighted by molar-refractivity contribution is 7.88. The van der Waals surface area contributed by atoms with Crippen LogP contribution in [0.15, 0.2) is 36.4 Å². The van der Waals surface area contributed by atoms with Gasteiger partial charge in [0.25, 0.3) is 5.91 Å². The molecular weight excluding hydrogens is 717 g/mol. The van der Waals surface area contributed by atoms with Crippen molar-refractivity contribution in [1.82, 2.24) is 29.9 Å². The van der Waals surface area contributed by atoms with Crippen molar-refractivity contribution in [3.05, 3.63) is 47.5 Å². The first-order chi connectivity index (χ1) is 25.6. The second-order valence-electron chi connectivity index (χ2n) is 16.3. The van der Waals surface area contributed by atoms with E-state index in [-0.39, 0.29) is 31.8 Å². The quantitative estimate of drug-likeness (QED) is 0.313.